The van der Waals surface area contributed by atoms with E-state index in [0.717, 1.165) is 44.6 Å². The molecule has 1 heterocycles. The number of allylic oxidation sites excluding steroid dienone is 1. The van der Waals surface area contributed by atoms with Gasteiger partial charge in [-0.05, 0) is 30.5 Å². The Morgan fingerprint density at radius 2 is 1.86 bits per heavy atom. The summed E-state index contributed by atoms with van der Waals surface area (Å²) < 4.78 is 26.4. The lowest BCUT2D eigenvalue weighted by Crippen LogP contribution is -2.45. The molecule has 2 nitrogen and oxygen atoms in total. The maximum atomic E-state index is 13.4. The van der Waals surface area contributed by atoms with Crippen LogP contribution in [0.1, 0.15) is 24.4 Å². The first-order chi connectivity index (χ1) is 9.22. The third-order valence-corrected chi connectivity index (χ3v) is 3.57. The van der Waals surface area contributed by atoms with Gasteiger partial charge < -0.3 is 5.32 Å². The molecule has 1 aliphatic rings. The van der Waals surface area contributed by atoms with Crippen molar-refractivity contribution in [3.05, 3.63) is 48.1 Å². The molecule has 0 spiro atoms. The van der Waals surface area contributed by atoms with Crippen molar-refractivity contribution in [2.75, 3.05) is 26.2 Å². The highest BCUT2D eigenvalue weighted by molar-refractivity contribution is 5.85. The molecule has 21 heavy (non-hydrogen) atoms. The molecule has 120 valence electrons. The van der Waals surface area contributed by atoms with Gasteiger partial charge >= 0.3 is 0 Å². The second-order valence-electron chi connectivity index (χ2n) is 4.84. The van der Waals surface area contributed by atoms with Crippen LogP contribution in [-0.2, 0) is 0 Å². The van der Waals surface area contributed by atoms with Gasteiger partial charge in [-0.3, -0.25) is 4.90 Å². The van der Waals surface area contributed by atoms with E-state index in [4.69, 9.17) is 0 Å². The van der Waals surface area contributed by atoms with Crippen molar-refractivity contribution in [3.63, 3.8) is 0 Å². The molecule has 1 N–H and O–H groups in total. The predicted molar refractivity (Wildman–Crippen MR) is 87.5 cm³/mol. The van der Waals surface area contributed by atoms with Crippen molar-refractivity contribution in [1.29, 1.82) is 0 Å². The number of hydrogen-bond donors (Lipinski definition) is 1. The lowest BCUT2D eigenvalue weighted by Gasteiger charge is -2.35. The number of rotatable bonds is 5. The predicted octanol–water partition coefficient (Wildman–Crippen LogP) is 3.72. The van der Waals surface area contributed by atoms with Crippen molar-refractivity contribution in [2.45, 2.75) is 18.9 Å². The third-order valence-electron chi connectivity index (χ3n) is 3.57. The standard InChI is InChI=1S/C15H20F2N2.2ClH/c1-2-3-4-15(19-9-7-18-8-10-19)12-5-6-13(16)14(17)11-12;;/h2,5-6,11,15,18H,1,3-4,7-10H2;2*1H/t15-;;/m0../s1. The van der Waals surface area contributed by atoms with Crippen LogP contribution in [0.25, 0.3) is 0 Å². The summed E-state index contributed by atoms with van der Waals surface area (Å²) in [5.74, 6) is -1.55. The first-order valence-electron chi connectivity index (χ1n) is 6.73. The highest BCUT2D eigenvalue weighted by atomic mass is 35.5. The Kier molecular flexibility index (Phi) is 9.79. The number of nitrogens with zero attached hydrogens (tertiary/aromatic N) is 1. The molecule has 0 amide bonds. The molecule has 1 aromatic rings. The van der Waals surface area contributed by atoms with Crippen LogP contribution >= 0.6 is 24.8 Å². The maximum Gasteiger partial charge on any atom is 0.159 e. The van der Waals surface area contributed by atoms with Gasteiger partial charge in [0.2, 0.25) is 0 Å². The van der Waals surface area contributed by atoms with Gasteiger partial charge in [0, 0.05) is 32.2 Å². The minimum atomic E-state index is -0.786. The Bertz CT molecular complexity index is 438. The zero-order valence-corrected chi connectivity index (χ0v) is 13.5. The molecule has 0 unspecified atom stereocenters. The molecule has 2 rings (SSSR count). The molecule has 1 atom stereocenters. The zero-order valence-electron chi connectivity index (χ0n) is 11.9. The molecule has 0 aliphatic carbocycles. The van der Waals surface area contributed by atoms with Crippen LogP contribution in [0.5, 0.6) is 0 Å². The lowest BCUT2D eigenvalue weighted by molar-refractivity contribution is 0.166. The molecular weight excluding hydrogens is 317 g/mol. The molecule has 0 aromatic heterocycles. The number of halogens is 4. The first-order valence-corrected chi connectivity index (χ1v) is 6.73. The van der Waals surface area contributed by atoms with Crippen LogP contribution in [-0.4, -0.2) is 31.1 Å². The minimum absolute atomic E-state index is 0. The van der Waals surface area contributed by atoms with E-state index in [9.17, 15) is 8.78 Å². The van der Waals surface area contributed by atoms with Gasteiger partial charge in [-0.1, -0.05) is 12.1 Å². The smallest absolute Gasteiger partial charge is 0.159 e. The number of piperazine rings is 1. The van der Waals surface area contributed by atoms with Gasteiger partial charge in [0.1, 0.15) is 0 Å². The average Bonchev–Trinajstić information content (AvgIpc) is 2.44. The Morgan fingerprint density at radius 1 is 1.19 bits per heavy atom. The molecular formula is C15H22Cl2F2N2. The van der Waals surface area contributed by atoms with Gasteiger partial charge in [-0.2, -0.15) is 0 Å². The summed E-state index contributed by atoms with van der Waals surface area (Å²) in [4.78, 5) is 2.33. The van der Waals surface area contributed by atoms with Crippen LogP contribution in [0.15, 0.2) is 30.9 Å². The van der Waals surface area contributed by atoms with E-state index in [1.807, 2.05) is 6.08 Å². The van der Waals surface area contributed by atoms with Crippen LogP contribution in [0.3, 0.4) is 0 Å². The quantitative estimate of drug-likeness (QED) is 0.823. The fraction of sp³-hybridized carbons (Fsp3) is 0.467. The van der Waals surface area contributed by atoms with Crippen molar-refractivity contribution in [2.24, 2.45) is 0 Å². The summed E-state index contributed by atoms with van der Waals surface area (Å²) in [5, 5.41) is 3.30. The monoisotopic (exact) mass is 338 g/mol. The van der Waals surface area contributed by atoms with Gasteiger partial charge in [-0.25, -0.2) is 8.78 Å². The molecule has 1 saturated heterocycles. The number of benzene rings is 1. The molecule has 1 aliphatic heterocycles. The van der Waals surface area contributed by atoms with Crippen molar-refractivity contribution >= 4 is 24.8 Å². The minimum Gasteiger partial charge on any atom is -0.314 e. The molecule has 0 radical (unpaired) electrons. The largest absolute Gasteiger partial charge is 0.314 e. The normalized spacial score (nSPS) is 16.5. The topological polar surface area (TPSA) is 15.3 Å². The van der Waals surface area contributed by atoms with E-state index in [1.165, 1.54) is 12.1 Å². The first kappa shape index (κ1) is 20.3. The van der Waals surface area contributed by atoms with Crippen molar-refractivity contribution in [3.8, 4) is 0 Å². The van der Waals surface area contributed by atoms with Crippen LogP contribution in [0, 0.1) is 11.6 Å². The van der Waals surface area contributed by atoms with E-state index in [0.29, 0.717) is 0 Å². The Hall–Kier alpha value is -0.680. The third kappa shape index (κ3) is 5.55. The second-order valence-corrected chi connectivity index (χ2v) is 4.84. The fourth-order valence-electron chi connectivity index (χ4n) is 2.55. The van der Waals surface area contributed by atoms with E-state index >= 15 is 0 Å². The SMILES string of the molecule is C=CCC[C@@H](c1ccc(F)c(F)c1)N1CCNCC1.Cl.Cl. The van der Waals surface area contributed by atoms with E-state index in [1.54, 1.807) is 6.07 Å². The van der Waals surface area contributed by atoms with Gasteiger partial charge in [0.05, 0.1) is 0 Å². The van der Waals surface area contributed by atoms with E-state index in [-0.39, 0.29) is 30.9 Å². The summed E-state index contributed by atoms with van der Waals surface area (Å²) in [6, 6.07) is 4.36. The Balaban J connectivity index is 0.00000200. The highest BCUT2D eigenvalue weighted by Crippen LogP contribution is 2.27. The second kappa shape index (κ2) is 10.1. The summed E-state index contributed by atoms with van der Waals surface area (Å²) in [5.41, 5.74) is 0.850. The lowest BCUT2D eigenvalue weighted by atomic mass is 9.99. The Morgan fingerprint density at radius 3 is 2.43 bits per heavy atom. The molecule has 1 aromatic carbocycles. The summed E-state index contributed by atoms with van der Waals surface area (Å²) in [7, 11) is 0. The molecule has 0 bridgehead atoms. The van der Waals surface area contributed by atoms with Crippen LogP contribution in [0.2, 0.25) is 0 Å². The molecule has 0 saturated carbocycles. The number of hydrogen-bond acceptors (Lipinski definition) is 2. The van der Waals surface area contributed by atoms with E-state index in [2.05, 4.69) is 16.8 Å². The van der Waals surface area contributed by atoms with E-state index < -0.39 is 11.6 Å². The van der Waals surface area contributed by atoms with Gasteiger partial charge in [0.25, 0.3) is 0 Å². The molecule has 6 heteroatoms. The summed E-state index contributed by atoms with van der Waals surface area (Å²) >= 11 is 0. The molecule has 1 fully saturated rings. The number of nitrogens with one attached hydrogen (secondary N) is 1. The Labute approximate surface area is 137 Å². The average molecular weight is 339 g/mol. The van der Waals surface area contributed by atoms with Crippen molar-refractivity contribution < 1.29 is 8.78 Å². The van der Waals surface area contributed by atoms with Crippen molar-refractivity contribution in [1.82, 2.24) is 10.2 Å². The highest BCUT2D eigenvalue weighted by Gasteiger charge is 2.22. The maximum absolute atomic E-state index is 13.4. The van der Waals surface area contributed by atoms with Crippen LogP contribution in [0.4, 0.5) is 8.78 Å². The van der Waals surface area contributed by atoms with Crippen LogP contribution < -0.4 is 5.32 Å². The summed E-state index contributed by atoms with van der Waals surface area (Å²) in [6.07, 6.45) is 3.62. The summed E-state index contributed by atoms with van der Waals surface area (Å²) in [6.45, 7) is 7.48. The van der Waals surface area contributed by atoms with Gasteiger partial charge in [-0.15, -0.1) is 31.4 Å². The van der Waals surface area contributed by atoms with Gasteiger partial charge in [0.15, 0.2) is 11.6 Å². The zero-order chi connectivity index (χ0) is 13.7. The fourth-order valence-corrected chi connectivity index (χ4v) is 2.55.